The van der Waals surface area contributed by atoms with Crippen molar-refractivity contribution in [3.63, 3.8) is 0 Å². The second-order valence-corrected chi connectivity index (χ2v) is 9.73. The predicted molar refractivity (Wildman–Crippen MR) is 145 cm³/mol. The Morgan fingerprint density at radius 1 is 0.892 bits per heavy atom. The van der Waals surface area contributed by atoms with Crippen molar-refractivity contribution in [3.05, 3.63) is 124 Å². The molecule has 0 fully saturated rings. The molecule has 0 spiro atoms. The number of amides is 1. The lowest BCUT2D eigenvalue weighted by molar-refractivity contribution is 0.0950. The van der Waals surface area contributed by atoms with Crippen molar-refractivity contribution in [1.82, 2.24) is 5.32 Å². The van der Waals surface area contributed by atoms with Crippen LogP contribution in [0.25, 0.3) is 11.1 Å². The molecule has 0 unspecified atom stereocenters. The molecule has 0 saturated heterocycles. The smallest absolute Gasteiger partial charge is 0.251 e. The van der Waals surface area contributed by atoms with Gasteiger partial charge in [-0.15, -0.1) is 0 Å². The van der Waals surface area contributed by atoms with E-state index in [-0.39, 0.29) is 24.1 Å². The molecule has 0 bridgehead atoms. The number of carbonyl (C=O) groups excluding carboxylic acids is 1. The zero-order valence-electron chi connectivity index (χ0n) is 21.2. The highest BCUT2D eigenvalue weighted by Crippen LogP contribution is 2.32. The van der Waals surface area contributed by atoms with Crippen LogP contribution in [0.5, 0.6) is 0 Å². The van der Waals surface area contributed by atoms with Crippen molar-refractivity contribution in [3.8, 4) is 11.1 Å². The van der Waals surface area contributed by atoms with E-state index in [4.69, 9.17) is 0 Å². The molecule has 5 rings (SSSR count). The van der Waals surface area contributed by atoms with Gasteiger partial charge in [-0.25, -0.2) is 8.78 Å². The molecule has 0 radical (unpaired) electrons. The van der Waals surface area contributed by atoms with Crippen molar-refractivity contribution in [1.29, 1.82) is 0 Å². The number of hydrogen-bond donors (Lipinski definition) is 1. The van der Waals surface area contributed by atoms with Crippen LogP contribution in [0.1, 0.15) is 44.6 Å². The number of benzene rings is 4. The minimum absolute atomic E-state index is 0.188. The highest BCUT2D eigenvalue weighted by molar-refractivity contribution is 5.95. The minimum Gasteiger partial charge on any atom is -0.367 e. The molecule has 37 heavy (non-hydrogen) atoms. The number of fused-ring (bicyclic) bond motifs is 1. The van der Waals surface area contributed by atoms with Gasteiger partial charge in [0.2, 0.25) is 0 Å². The van der Waals surface area contributed by atoms with Crippen molar-refractivity contribution >= 4 is 11.6 Å². The van der Waals surface area contributed by atoms with Gasteiger partial charge in [0.05, 0.1) is 0 Å². The number of nitrogens with zero attached hydrogens (tertiary/aromatic N) is 1. The second-order valence-electron chi connectivity index (χ2n) is 9.73. The fourth-order valence-corrected chi connectivity index (χ4v) is 5.00. The molecule has 1 amide bonds. The first-order valence-corrected chi connectivity index (χ1v) is 12.6. The Bertz CT molecular complexity index is 1460. The van der Waals surface area contributed by atoms with Crippen molar-refractivity contribution in [2.75, 3.05) is 11.4 Å². The van der Waals surface area contributed by atoms with Crippen LogP contribution in [-0.4, -0.2) is 12.5 Å². The third kappa shape index (κ3) is 5.26. The van der Waals surface area contributed by atoms with Gasteiger partial charge in [-0.2, -0.15) is 0 Å². The summed E-state index contributed by atoms with van der Waals surface area (Å²) in [6.07, 6.45) is 1.79. The molecule has 188 valence electrons. The summed E-state index contributed by atoms with van der Waals surface area (Å²) in [6, 6.07) is 24.1. The number of rotatable bonds is 6. The monoisotopic (exact) mass is 496 g/mol. The van der Waals surface area contributed by atoms with Crippen LogP contribution in [0.15, 0.2) is 78.9 Å². The van der Waals surface area contributed by atoms with Gasteiger partial charge in [-0.1, -0.05) is 54.6 Å². The van der Waals surface area contributed by atoms with Crippen LogP contribution in [0.2, 0.25) is 0 Å². The Morgan fingerprint density at radius 2 is 1.70 bits per heavy atom. The third-order valence-electron chi connectivity index (χ3n) is 7.12. The van der Waals surface area contributed by atoms with E-state index in [0.717, 1.165) is 47.3 Å². The van der Waals surface area contributed by atoms with Crippen LogP contribution in [0.3, 0.4) is 0 Å². The minimum atomic E-state index is -0.276. The average Bonchev–Trinajstić information content (AvgIpc) is 2.90. The third-order valence-corrected chi connectivity index (χ3v) is 7.12. The number of aryl methyl sites for hydroxylation is 3. The maximum Gasteiger partial charge on any atom is 0.251 e. The molecule has 1 heterocycles. The summed E-state index contributed by atoms with van der Waals surface area (Å²) in [7, 11) is 0. The van der Waals surface area contributed by atoms with Crippen LogP contribution in [0.4, 0.5) is 14.5 Å². The lowest BCUT2D eigenvalue weighted by Gasteiger charge is -2.32. The molecule has 3 nitrogen and oxygen atoms in total. The van der Waals surface area contributed by atoms with Crippen molar-refractivity contribution in [2.24, 2.45) is 0 Å². The van der Waals surface area contributed by atoms with Gasteiger partial charge in [0.25, 0.3) is 5.91 Å². The van der Waals surface area contributed by atoms with Gasteiger partial charge >= 0.3 is 0 Å². The average molecular weight is 497 g/mol. The van der Waals surface area contributed by atoms with Crippen LogP contribution in [-0.2, 0) is 19.5 Å². The molecule has 0 aromatic heterocycles. The molecule has 4 aromatic rings. The molecule has 4 aromatic carbocycles. The van der Waals surface area contributed by atoms with Gasteiger partial charge in [0.1, 0.15) is 11.6 Å². The number of halogens is 2. The first kappa shape index (κ1) is 24.7. The molecule has 1 N–H and O–H groups in total. The highest BCUT2D eigenvalue weighted by atomic mass is 19.1. The number of anilines is 1. The maximum atomic E-state index is 15.6. The lowest BCUT2D eigenvalue weighted by atomic mass is 9.96. The van der Waals surface area contributed by atoms with E-state index in [1.54, 1.807) is 13.0 Å². The molecule has 1 aliphatic heterocycles. The van der Waals surface area contributed by atoms with E-state index < -0.39 is 0 Å². The Hall–Kier alpha value is -3.99. The summed E-state index contributed by atoms with van der Waals surface area (Å²) in [6.45, 7) is 5.25. The van der Waals surface area contributed by atoms with Gasteiger partial charge in [0.15, 0.2) is 0 Å². The van der Waals surface area contributed by atoms with E-state index in [1.807, 2.05) is 73.7 Å². The van der Waals surface area contributed by atoms with Gasteiger partial charge < -0.3 is 10.2 Å². The topological polar surface area (TPSA) is 32.3 Å². The summed E-state index contributed by atoms with van der Waals surface area (Å²) >= 11 is 0. The summed E-state index contributed by atoms with van der Waals surface area (Å²) in [4.78, 5) is 15.0. The fourth-order valence-electron chi connectivity index (χ4n) is 5.00. The van der Waals surface area contributed by atoms with Gasteiger partial charge in [-0.3, -0.25) is 4.79 Å². The van der Waals surface area contributed by atoms with E-state index in [0.29, 0.717) is 28.8 Å². The number of hydrogen-bond acceptors (Lipinski definition) is 2. The van der Waals surface area contributed by atoms with Crippen LogP contribution >= 0.6 is 0 Å². The molecular weight excluding hydrogens is 466 g/mol. The largest absolute Gasteiger partial charge is 0.367 e. The Labute approximate surface area is 216 Å². The molecule has 0 atom stereocenters. The number of nitrogens with one attached hydrogen (secondary N) is 1. The highest BCUT2D eigenvalue weighted by Gasteiger charge is 2.21. The van der Waals surface area contributed by atoms with Crippen molar-refractivity contribution < 1.29 is 13.6 Å². The summed E-state index contributed by atoms with van der Waals surface area (Å²) in [5, 5.41) is 2.88. The Morgan fingerprint density at radius 3 is 2.51 bits per heavy atom. The molecule has 0 aliphatic carbocycles. The first-order chi connectivity index (χ1) is 17.9. The maximum absolute atomic E-state index is 15.6. The second kappa shape index (κ2) is 10.6. The Kier molecular flexibility index (Phi) is 7.04. The van der Waals surface area contributed by atoms with Crippen LogP contribution in [0, 0.1) is 25.5 Å². The molecule has 0 saturated carbocycles. The zero-order chi connectivity index (χ0) is 25.9. The zero-order valence-corrected chi connectivity index (χ0v) is 21.2. The molecule has 5 heteroatoms. The normalized spacial score (nSPS) is 12.8. The summed E-state index contributed by atoms with van der Waals surface area (Å²) in [5.41, 5.74) is 7.20. The molecular formula is C32H30F2N2O. The van der Waals surface area contributed by atoms with E-state index in [2.05, 4.69) is 10.2 Å². The molecule has 1 aliphatic rings. The van der Waals surface area contributed by atoms with E-state index in [1.165, 1.54) is 6.07 Å². The quantitative estimate of drug-likeness (QED) is 0.308. The predicted octanol–water partition coefficient (Wildman–Crippen LogP) is 7.13. The van der Waals surface area contributed by atoms with Crippen molar-refractivity contribution in [2.45, 2.75) is 39.8 Å². The standard InChI is InChI=1S/C32H30F2N2O/c1-21-7-3-4-10-27(21)28-11-5-8-26(31(28)34)20-36-16-6-9-24-18-25(14-15-30(24)36)32(37)35-19-23-13-12-22(2)29(33)17-23/h3-5,7-8,10-15,17-18H,6,9,16,19-20H2,1-2H3,(H,35,37). The number of carbonyl (C=O) groups is 1. The van der Waals surface area contributed by atoms with E-state index >= 15 is 4.39 Å². The first-order valence-electron chi connectivity index (χ1n) is 12.6. The Balaban J connectivity index is 1.33. The summed E-state index contributed by atoms with van der Waals surface area (Å²) in [5.74, 6) is -0.660. The SMILES string of the molecule is Cc1ccc(CNC(=O)c2ccc3c(c2)CCCN3Cc2cccc(-c3ccccc3C)c2F)cc1F. The van der Waals surface area contributed by atoms with E-state index in [9.17, 15) is 9.18 Å². The fraction of sp³-hybridized carbons (Fsp3) is 0.219. The van der Waals surface area contributed by atoms with Gasteiger partial charge in [-0.05, 0) is 78.8 Å². The van der Waals surface area contributed by atoms with Crippen LogP contribution < -0.4 is 10.2 Å². The summed E-state index contributed by atoms with van der Waals surface area (Å²) < 4.78 is 29.4. The van der Waals surface area contributed by atoms with Gasteiger partial charge in [0, 0.05) is 42.0 Å². The lowest BCUT2D eigenvalue weighted by Crippen LogP contribution is -2.30.